The van der Waals surface area contributed by atoms with Gasteiger partial charge in [0, 0.05) is 36.1 Å². The Bertz CT molecular complexity index is 1340. The van der Waals surface area contributed by atoms with Gasteiger partial charge in [-0.2, -0.15) is 0 Å². The second-order valence-corrected chi connectivity index (χ2v) is 11.2. The highest BCUT2D eigenvalue weighted by Gasteiger charge is 2.63. The lowest BCUT2D eigenvalue weighted by atomic mass is 9.58. The van der Waals surface area contributed by atoms with Crippen LogP contribution in [-0.2, 0) is 22.6 Å². The van der Waals surface area contributed by atoms with Gasteiger partial charge in [0.1, 0.15) is 29.0 Å². The topological polar surface area (TPSA) is 165 Å². The van der Waals surface area contributed by atoms with E-state index < -0.39 is 64.2 Å². The maximum Gasteiger partial charge on any atom is 0.255 e. The van der Waals surface area contributed by atoms with Crippen LogP contribution in [0.5, 0.6) is 5.75 Å². The molecule has 1 aromatic carbocycles. The molecular formula is C26H29ClFN3O7. The van der Waals surface area contributed by atoms with Crippen LogP contribution in [0, 0.1) is 11.8 Å². The number of likely N-dealkylation sites (tertiary alicyclic amines) is 1. The second kappa shape index (κ2) is 9.04. The number of phenolic OH excluding ortho intramolecular Hbond substituents is 1. The van der Waals surface area contributed by atoms with Crippen molar-refractivity contribution in [1.82, 2.24) is 9.80 Å². The Balaban J connectivity index is 1.62. The summed E-state index contributed by atoms with van der Waals surface area (Å²) in [5, 5.41) is 44.8. The summed E-state index contributed by atoms with van der Waals surface area (Å²) in [4.78, 5) is 42.4. The van der Waals surface area contributed by atoms with E-state index in [1.54, 1.807) is 14.1 Å². The summed E-state index contributed by atoms with van der Waals surface area (Å²) in [6, 6.07) is 0.266. The van der Waals surface area contributed by atoms with Crippen molar-refractivity contribution in [2.75, 3.05) is 27.2 Å². The Labute approximate surface area is 222 Å². The summed E-state index contributed by atoms with van der Waals surface area (Å²) >= 11 is 6.72. The molecule has 10 nitrogen and oxygen atoms in total. The average Bonchev–Trinajstić information content (AvgIpc) is 3.23. The van der Waals surface area contributed by atoms with Crippen molar-refractivity contribution < 1.29 is 39.2 Å². The van der Waals surface area contributed by atoms with Gasteiger partial charge in [0.15, 0.2) is 11.4 Å². The minimum Gasteiger partial charge on any atom is -0.510 e. The zero-order chi connectivity index (χ0) is 27.8. The third-order valence-corrected chi connectivity index (χ3v) is 8.81. The monoisotopic (exact) mass is 549 g/mol. The molecule has 204 valence electrons. The highest BCUT2D eigenvalue weighted by Crippen LogP contribution is 2.53. The Morgan fingerprint density at radius 1 is 1.29 bits per heavy atom. The van der Waals surface area contributed by atoms with E-state index in [0.717, 1.165) is 0 Å². The number of likely N-dealkylation sites (N-methyl/N-ethyl adjacent to an activating group) is 1. The largest absolute Gasteiger partial charge is 0.510 e. The Hall–Kier alpha value is -2.99. The van der Waals surface area contributed by atoms with Gasteiger partial charge in [0.2, 0.25) is 5.78 Å². The van der Waals surface area contributed by atoms with Crippen LogP contribution in [0.25, 0.3) is 0 Å². The van der Waals surface area contributed by atoms with Crippen LogP contribution in [0.4, 0.5) is 4.39 Å². The van der Waals surface area contributed by atoms with Crippen LogP contribution in [-0.4, -0.2) is 92.7 Å². The molecule has 1 aromatic rings. The molecule has 0 unspecified atom stereocenters. The van der Waals surface area contributed by atoms with Crippen molar-refractivity contribution in [2.24, 2.45) is 17.6 Å². The van der Waals surface area contributed by atoms with Gasteiger partial charge in [-0.3, -0.25) is 24.2 Å². The number of fused-ring (bicyclic) bond motifs is 3. The van der Waals surface area contributed by atoms with E-state index in [-0.39, 0.29) is 47.8 Å². The molecule has 12 heteroatoms. The van der Waals surface area contributed by atoms with Crippen molar-refractivity contribution in [2.45, 2.75) is 43.6 Å². The first kappa shape index (κ1) is 26.6. The zero-order valence-corrected chi connectivity index (χ0v) is 21.6. The first-order valence-electron chi connectivity index (χ1n) is 12.3. The second-order valence-electron chi connectivity index (χ2n) is 10.8. The van der Waals surface area contributed by atoms with Crippen molar-refractivity contribution in [1.29, 1.82) is 0 Å². The number of amides is 1. The van der Waals surface area contributed by atoms with Crippen LogP contribution in [0.2, 0.25) is 5.02 Å². The number of aromatic hydroxyl groups is 1. The number of ketones is 2. The lowest BCUT2D eigenvalue weighted by molar-refractivity contribution is -0.148. The molecule has 1 saturated heterocycles. The quantitative estimate of drug-likeness (QED) is 0.348. The van der Waals surface area contributed by atoms with Crippen molar-refractivity contribution >= 4 is 29.1 Å². The average molecular weight is 550 g/mol. The minimum atomic E-state index is -2.69. The van der Waals surface area contributed by atoms with Crippen LogP contribution >= 0.6 is 11.6 Å². The smallest absolute Gasteiger partial charge is 0.255 e. The van der Waals surface area contributed by atoms with Crippen LogP contribution in [0.15, 0.2) is 28.7 Å². The number of nitrogens with two attached hydrogens (primary N) is 1. The number of phenols is 1. The normalized spacial score (nSPS) is 31.5. The number of aliphatic hydroxyl groups is 3. The van der Waals surface area contributed by atoms with Gasteiger partial charge in [-0.05, 0) is 56.5 Å². The van der Waals surface area contributed by atoms with Gasteiger partial charge in [-0.1, -0.05) is 11.6 Å². The van der Waals surface area contributed by atoms with Gasteiger partial charge >= 0.3 is 0 Å². The molecule has 6 N–H and O–H groups in total. The minimum absolute atomic E-state index is 0.0251. The lowest BCUT2D eigenvalue weighted by Gasteiger charge is -2.50. The van der Waals surface area contributed by atoms with Gasteiger partial charge < -0.3 is 26.2 Å². The van der Waals surface area contributed by atoms with Crippen LogP contribution < -0.4 is 5.73 Å². The highest BCUT2D eigenvalue weighted by atomic mass is 35.5. The molecule has 1 fully saturated rings. The zero-order valence-electron chi connectivity index (χ0n) is 20.9. The molecule has 1 aliphatic heterocycles. The number of hydrogen-bond acceptors (Lipinski definition) is 9. The van der Waals surface area contributed by atoms with Gasteiger partial charge in [-0.25, -0.2) is 4.39 Å². The maximum absolute atomic E-state index is 13.7. The number of hydrogen-bond donors (Lipinski definition) is 5. The van der Waals surface area contributed by atoms with E-state index in [0.29, 0.717) is 24.1 Å². The third kappa shape index (κ3) is 3.67. The molecule has 4 aliphatic rings. The fraction of sp³-hybridized carbons (Fsp3) is 0.500. The Morgan fingerprint density at radius 2 is 1.97 bits per heavy atom. The van der Waals surface area contributed by atoms with E-state index in [1.165, 1.54) is 11.0 Å². The molecule has 1 heterocycles. The number of aliphatic hydroxyl groups excluding tert-OH is 2. The SMILES string of the molecule is CN(C)[C@@H]1C(O)=C(C(N)=O)C(=O)[C@@]2(O)C(O)=C3C(=O)c4c(O)cc(CN5CC[C@H](F)C5)c(Cl)c4C[C@H]3C[C@@H]12. The van der Waals surface area contributed by atoms with Crippen LogP contribution in [0.3, 0.4) is 0 Å². The third-order valence-electron chi connectivity index (χ3n) is 8.34. The molecule has 0 spiro atoms. The molecule has 0 aromatic heterocycles. The number of allylic oxidation sites excluding steroid dienone is 1. The van der Waals surface area contributed by atoms with E-state index in [4.69, 9.17) is 17.3 Å². The first-order chi connectivity index (χ1) is 17.8. The van der Waals surface area contributed by atoms with Crippen molar-refractivity contribution in [3.05, 3.63) is 50.4 Å². The predicted octanol–water partition coefficient (Wildman–Crippen LogP) is 1.32. The molecule has 5 rings (SSSR count). The maximum atomic E-state index is 13.7. The summed E-state index contributed by atoms with van der Waals surface area (Å²) in [5.41, 5.74) is 2.27. The molecule has 3 aliphatic carbocycles. The lowest BCUT2D eigenvalue weighted by Crippen LogP contribution is -2.63. The number of halogens is 2. The van der Waals surface area contributed by atoms with E-state index >= 15 is 0 Å². The molecule has 5 atom stereocenters. The molecule has 38 heavy (non-hydrogen) atoms. The molecule has 0 bridgehead atoms. The fourth-order valence-electron chi connectivity index (χ4n) is 6.64. The number of primary amides is 1. The summed E-state index contributed by atoms with van der Waals surface area (Å²) in [6.07, 6.45) is -0.470. The highest BCUT2D eigenvalue weighted by molar-refractivity contribution is 6.33. The van der Waals surface area contributed by atoms with Gasteiger partial charge in [0.25, 0.3) is 5.91 Å². The van der Waals surface area contributed by atoms with Gasteiger partial charge in [-0.15, -0.1) is 0 Å². The van der Waals surface area contributed by atoms with E-state index in [2.05, 4.69) is 0 Å². The Kier molecular flexibility index (Phi) is 6.33. The summed E-state index contributed by atoms with van der Waals surface area (Å²) in [6.45, 7) is 1.05. The standard InChI is InChI=1S/C26H29ClFN3O7/c1-30(2)20-14-6-10-5-13-17(15(32)7-11(19(13)27)8-31-4-3-12(28)9-31)21(33)16(10)23(35)26(14,38)24(36)18(22(20)34)25(29)37/h7,10,12,14,20,32,34-35,38H,3-6,8-9H2,1-2H3,(H2,29,37)/t10-,12-,14-,20-,26-/m0/s1. The summed E-state index contributed by atoms with van der Waals surface area (Å²) < 4.78 is 13.7. The number of carbonyl (C=O) groups excluding carboxylic acids is 3. The number of rotatable bonds is 4. The number of nitrogens with zero attached hydrogens (tertiary/aromatic N) is 2. The van der Waals surface area contributed by atoms with E-state index in [9.17, 15) is 39.2 Å². The molecule has 0 saturated carbocycles. The van der Waals surface area contributed by atoms with E-state index in [1.807, 2.05) is 4.90 Å². The number of Topliss-reactive ketones (excluding diaryl/α,β-unsaturated/α-hetero) is 2. The molecule has 1 amide bonds. The van der Waals surface area contributed by atoms with Crippen LogP contribution in [0.1, 0.15) is 34.3 Å². The van der Waals surface area contributed by atoms with Crippen molar-refractivity contribution in [3.8, 4) is 5.75 Å². The molecular weight excluding hydrogens is 521 g/mol. The summed E-state index contributed by atoms with van der Waals surface area (Å²) in [5.74, 6) is -7.14. The van der Waals surface area contributed by atoms with Gasteiger partial charge in [0.05, 0.1) is 11.6 Å². The first-order valence-corrected chi connectivity index (χ1v) is 12.7. The number of alkyl halides is 1. The number of benzene rings is 1. The Morgan fingerprint density at radius 3 is 2.55 bits per heavy atom. The van der Waals surface area contributed by atoms with Crippen molar-refractivity contribution in [3.63, 3.8) is 0 Å². The predicted molar refractivity (Wildman–Crippen MR) is 133 cm³/mol. The summed E-state index contributed by atoms with van der Waals surface area (Å²) in [7, 11) is 3.13. The number of carbonyl (C=O) groups is 3. The fourth-order valence-corrected chi connectivity index (χ4v) is 6.92. The molecule has 0 radical (unpaired) electrons.